The van der Waals surface area contributed by atoms with E-state index in [1.165, 1.54) is 0 Å². The number of fused-ring (bicyclic) bond motifs is 5. The number of nitrogens with one attached hydrogen (secondary N) is 1. The van der Waals surface area contributed by atoms with Crippen molar-refractivity contribution in [2.24, 2.45) is 23.7 Å². The van der Waals surface area contributed by atoms with E-state index in [2.05, 4.69) is 21.2 Å². The van der Waals surface area contributed by atoms with Crippen molar-refractivity contribution >= 4 is 39.3 Å². The lowest BCUT2D eigenvalue weighted by Crippen LogP contribution is -2.39. The van der Waals surface area contributed by atoms with Crippen molar-refractivity contribution in [2.45, 2.75) is 6.42 Å². The van der Waals surface area contributed by atoms with Crippen LogP contribution in [-0.2, 0) is 14.4 Å². The fourth-order valence-corrected chi connectivity index (χ4v) is 4.26. The van der Waals surface area contributed by atoms with Crippen LogP contribution < -0.4 is 5.32 Å². The monoisotopic (exact) mass is 374 g/mol. The SMILES string of the molecule is O=C(CN1C(=O)[C@@H]2[C@H](C1=O)[C@H]1C=C[C@@H]2C1)Nc1ccc(Br)cc1. The van der Waals surface area contributed by atoms with E-state index in [0.717, 1.165) is 15.8 Å². The summed E-state index contributed by atoms with van der Waals surface area (Å²) in [6.45, 7) is -0.208. The van der Waals surface area contributed by atoms with E-state index in [1.807, 2.05) is 24.3 Å². The van der Waals surface area contributed by atoms with E-state index in [0.29, 0.717) is 5.69 Å². The molecule has 1 aromatic carbocycles. The summed E-state index contributed by atoms with van der Waals surface area (Å²) in [5.74, 6) is -0.905. The highest BCUT2D eigenvalue weighted by atomic mass is 79.9. The number of imide groups is 1. The van der Waals surface area contributed by atoms with Crippen LogP contribution in [0.5, 0.6) is 0 Å². The Morgan fingerprint density at radius 1 is 1.09 bits per heavy atom. The molecular formula is C17H15BrN2O3. The van der Waals surface area contributed by atoms with Crippen LogP contribution in [0.2, 0.25) is 0 Å². The van der Waals surface area contributed by atoms with E-state index >= 15 is 0 Å². The van der Waals surface area contributed by atoms with Crippen LogP contribution in [0.1, 0.15) is 6.42 Å². The third-order valence-electron chi connectivity index (χ3n) is 4.99. The second-order valence-corrected chi connectivity index (χ2v) is 7.23. The largest absolute Gasteiger partial charge is 0.325 e. The number of anilines is 1. The Labute approximate surface area is 141 Å². The number of hydrogen-bond donors (Lipinski definition) is 1. The highest BCUT2D eigenvalue weighted by Gasteiger charge is 2.59. The molecule has 0 aromatic heterocycles. The molecule has 2 bridgehead atoms. The Kier molecular flexibility index (Phi) is 3.37. The van der Waals surface area contributed by atoms with E-state index in [4.69, 9.17) is 0 Å². The first-order valence-corrected chi connectivity index (χ1v) is 8.43. The lowest BCUT2D eigenvalue weighted by atomic mass is 9.85. The molecular weight excluding hydrogens is 360 g/mol. The molecule has 1 saturated carbocycles. The van der Waals surface area contributed by atoms with Crippen LogP contribution in [0.25, 0.3) is 0 Å². The van der Waals surface area contributed by atoms with Gasteiger partial charge >= 0.3 is 0 Å². The molecule has 0 unspecified atom stereocenters. The zero-order valence-electron chi connectivity index (χ0n) is 12.2. The molecule has 5 nitrogen and oxygen atoms in total. The normalized spacial score (nSPS) is 30.9. The summed E-state index contributed by atoms with van der Waals surface area (Å²) in [5.41, 5.74) is 0.638. The van der Waals surface area contributed by atoms with E-state index in [1.54, 1.807) is 12.1 Å². The lowest BCUT2D eigenvalue weighted by Gasteiger charge is -2.16. The van der Waals surface area contributed by atoms with Gasteiger partial charge in [0.1, 0.15) is 6.54 Å². The molecule has 2 aliphatic carbocycles. The second-order valence-electron chi connectivity index (χ2n) is 6.32. The van der Waals surface area contributed by atoms with E-state index < -0.39 is 0 Å². The zero-order chi connectivity index (χ0) is 16.1. The summed E-state index contributed by atoms with van der Waals surface area (Å²) in [6, 6.07) is 7.15. The summed E-state index contributed by atoms with van der Waals surface area (Å²) in [7, 11) is 0. The van der Waals surface area contributed by atoms with Crippen LogP contribution >= 0.6 is 15.9 Å². The van der Waals surface area contributed by atoms with Gasteiger partial charge in [-0.15, -0.1) is 0 Å². The highest BCUT2D eigenvalue weighted by Crippen LogP contribution is 2.52. The molecule has 3 aliphatic rings. The molecule has 6 heteroatoms. The summed E-state index contributed by atoms with van der Waals surface area (Å²) in [5, 5.41) is 2.72. The third kappa shape index (κ3) is 2.32. The Morgan fingerprint density at radius 2 is 1.65 bits per heavy atom. The fraction of sp³-hybridized carbons (Fsp3) is 0.353. The minimum absolute atomic E-state index is 0.168. The van der Waals surface area contributed by atoms with Crippen LogP contribution in [-0.4, -0.2) is 29.2 Å². The number of allylic oxidation sites excluding steroid dienone is 2. The molecule has 23 heavy (non-hydrogen) atoms. The predicted molar refractivity (Wildman–Crippen MR) is 87.2 cm³/mol. The maximum absolute atomic E-state index is 12.5. The molecule has 1 aromatic rings. The van der Waals surface area contributed by atoms with E-state index in [-0.39, 0.29) is 47.9 Å². The predicted octanol–water partition coefficient (Wildman–Crippen LogP) is 2.19. The van der Waals surface area contributed by atoms with Crippen molar-refractivity contribution in [3.8, 4) is 0 Å². The number of halogens is 1. The number of benzene rings is 1. The molecule has 4 rings (SSSR count). The van der Waals surface area contributed by atoms with Gasteiger partial charge in [0.15, 0.2) is 0 Å². The highest BCUT2D eigenvalue weighted by molar-refractivity contribution is 9.10. The standard InChI is InChI=1S/C17H15BrN2O3/c18-11-3-5-12(6-4-11)19-13(21)8-20-16(22)14-9-1-2-10(7-9)15(14)17(20)23/h1-6,9-10,14-15H,7-8H2,(H,19,21)/t9-,10+,14+,15-. The van der Waals surface area contributed by atoms with Crippen molar-refractivity contribution in [1.29, 1.82) is 0 Å². The third-order valence-corrected chi connectivity index (χ3v) is 5.52. The summed E-state index contributed by atoms with van der Waals surface area (Å²) < 4.78 is 0.913. The average Bonchev–Trinajstić information content (AvgIpc) is 3.19. The maximum atomic E-state index is 12.5. The molecule has 1 heterocycles. The quantitative estimate of drug-likeness (QED) is 0.651. The first-order valence-electron chi connectivity index (χ1n) is 7.63. The van der Waals surface area contributed by atoms with Crippen molar-refractivity contribution in [2.75, 3.05) is 11.9 Å². The lowest BCUT2D eigenvalue weighted by molar-refractivity contribution is -0.143. The minimum atomic E-state index is -0.352. The molecule has 1 saturated heterocycles. The molecule has 3 amide bonds. The molecule has 118 valence electrons. The van der Waals surface area contributed by atoms with Gasteiger partial charge in [-0.25, -0.2) is 0 Å². The van der Waals surface area contributed by atoms with Gasteiger partial charge in [0.05, 0.1) is 11.8 Å². The minimum Gasteiger partial charge on any atom is -0.325 e. The molecule has 0 spiro atoms. The number of carbonyl (C=O) groups excluding carboxylic acids is 3. The van der Waals surface area contributed by atoms with Crippen LogP contribution in [0.3, 0.4) is 0 Å². The van der Waals surface area contributed by atoms with Crippen molar-refractivity contribution < 1.29 is 14.4 Å². The smallest absolute Gasteiger partial charge is 0.244 e. The van der Waals surface area contributed by atoms with Crippen molar-refractivity contribution in [3.63, 3.8) is 0 Å². The van der Waals surface area contributed by atoms with Gasteiger partial charge in [0.2, 0.25) is 17.7 Å². The summed E-state index contributed by atoms with van der Waals surface area (Å²) in [6.07, 6.45) is 4.98. The maximum Gasteiger partial charge on any atom is 0.244 e. The van der Waals surface area contributed by atoms with Crippen LogP contribution in [0, 0.1) is 23.7 Å². The Balaban J connectivity index is 1.45. The van der Waals surface area contributed by atoms with Gasteiger partial charge in [-0.05, 0) is 42.5 Å². The first-order chi connectivity index (χ1) is 11.0. The summed E-state index contributed by atoms with van der Waals surface area (Å²) in [4.78, 5) is 38.3. The topological polar surface area (TPSA) is 66.5 Å². The van der Waals surface area contributed by atoms with Gasteiger partial charge in [0, 0.05) is 10.2 Å². The molecule has 0 radical (unpaired) electrons. The van der Waals surface area contributed by atoms with Crippen molar-refractivity contribution in [3.05, 3.63) is 40.9 Å². The number of carbonyl (C=O) groups is 3. The molecule has 1 N–H and O–H groups in total. The van der Waals surface area contributed by atoms with Gasteiger partial charge in [-0.3, -0.25) is 19.3 Å². The number of hydrogen-bond acceptors (Lipinski definition) is 3. The fourth-order valence-electron chi connectivity index (χ4n) is 4.00. The average molecular weight is 375 g/mol. The van der Waals surface area contributed by atoms with Crippen molar-refractivity contribution in [1.82, 2.24) is 4.90 Å². The van der Waals surface area contributed by atoms with E-state index in [9.17, 15) is 14.4 Å². The molecule has 1 aliphatic heterocycles. The van der Waals surface area contributed by atoms with Gasteiger partial charge in [0.25, 0.3) is 0 Å². The first kappa shape index (κ1) is 14.6. The number of rotatable bonds is 3. The van der Waals surface area contributed by atoms with Gasteiger partial charge in [-0.1, -0.05) is 28.1 Å². The van der Waals surface area contributed by atoms with Gasteiger partial charge in [-0.2, -0.15) is 0 Å². The van der Waals surface area contributed by atoms with Gasteiger partial charge < -0.3 is 5.32 Å². The summed E-state index contributed by atoms with van der Waals surface area (Å²) >= 11 is 3.33. The van der Waals surface area contributed by atoms with Crippen LogP contribution in [0.15, 0.2) is 40.9 Å². The second kappa shape index (κ2) is 5.30. The Bertz CT molecular complexity index is 698. The number of nitrogens with zero attached hydrogens (tertiary/aromatic N) is 1. The molecule has 2 fully saturated rings. The number of amides is 3. The molecule has 4 atom stereocenters. The Morgan fingerprint density at radius 3 is 2.22 bits per heavy atom. The zero-order valence-corrected chi connectivity index (χ0v) is 13.8. The Hall–Kier alpha value is -1.95. The number of likely N-dealkylation sites (tertiary alicyclic amines) is 1. The van der Waals surface area contributed by atoms with Crippen LogP contribution in [0.4, 0.5) is 5.69 Å².